The highest BCUT2D eigenvalue weighted by molar-refractivity contribution is 5.26. The molecule has 3 aliphatic carbocycles. The summed E-state index contributed by atoms with van der Waals surface area (Å²) in [6.07, 6.45) is 26.3. The van der Waals surface area contributed by atoms with Crippen molar-refractivity contribution in [3.63, 3.8) is 0 Å². The second kappa shape index (κ2) is 14.0. The van der Waals surface area contributed by atoms with Gasteiger partial charge in [0.1, 0.15) is 0 Å². The van der Waals surface area contributed by atoms with E-state index in [9.17, 15) is 4.39 Å². The van der Waals surface area contributed by atoms with Crippen LogP contribution in [-0.4, -0.2) is 6.67 Å². The molecule has 0 spiro atoms. The minimum Gasteiger partial charge on any atom is -0.251 e. The van der Waals surface area contributed by atoms with Gasteiger partial charge in [-0.3, -0.25) is 4.39 Å². The summed E-state index contributed by atoms with van der Waals surface area (Å²) in [7, 11) is 0. The number of hydrogen-bond acceptors (Lipinski definition) is 0. The van der Waals surface area contributed by atoms with Gasteiger partial charge in [-0.05, 0) is 98.0 Å². The van der Waals surface area contributed by atoms with Crippen molar-refractivity contribution in [2.24, 2.45) is 29.6 Å². The van der Waals surface area contributed by atoms with Crippen LogP contribution in [0.4, 0.5) is 4.39 Å². The van der Waals surface area contributed by atoms with Crippen molar-refractivity contribution in [1.82, 2.24) is 0 Å². The van der Waals surface area contributed by atoms with Gasteiger partial charge < -0.3 is 0 Å². The average Bonchev–Trinajstić information content (AvgIpc) is 2.89. The molecule has 0 radical (unpaired) electrons. The predicted octanol–water partition coefficient (Wildman–Crippen LogP) is 10.4. The molecular formula is C33H53F. The third kappa shape index (κ3) is 7.83. The van der Waals surface area contributed by atoms with Crippen molar-refractivity contribution in [1.29, 1.82) is 0 Å². The number of rotatable bonds is 11. The molecule has 34 heavy (non-hydrogen) atoms. The second-order valence-electron chi connectivity index (χ2n) is 12.5. The highest BCUT2D eigenvalue weighted by Gasteiger charge is 2.31. The molecule has 0 heterocycles. The van der Waals surface area contributed by atoms with Gasteiger partial charge in [-0.1, -0.05) is 102 Å². The Hall–Kier alpha value is -0.850. The smallest absolute Gasteiger partial charge is 0.0894 e. The van der Waals surface area contributed by atoms with E-state index in [4.69, 9.17) is 0 Å². The molecule has 0 nitrogen and oxygen atoms in total. The van der Waals surface area contributed by atoms with Gasteiger partial charge in [0.15, 0.2) is 0 Å². The summed E-state index contributed by atoms with van der Waals surface area (Å²) in [6, 6.07) is 9.63. The lowest BCUT2D eigenvalue weighted by Crippen LogP contribution is -2.25. The highest BCUT2D eigenvalue weighted by atomic mass is 19.1. The third-order valence-corrected chi connectivity index (χ3v) is 10.3. The summed E-state index contributed by atoms with van der Waals surface area (Å²) < 4.78 is 12.3. The summed E-state index contributed by atoms with van der Waals surface area (Å²) in [4.78, 5) is 0. The summed E-state index contributed by atoms with van der Waals surface area (Å²) in [5.74, 6) is 5.81. The number of benzene rings is 1. The van der Waals surface area contributed by atoms with Crippen molar-refractivity contribution < 1.29 is 4.39 Å². The molecule has 0 aromatic heterocycles. The van der Waals surface area contributed by atoms with Gasteiger partial charge in [0.05, 0.1) is 6.67 Å². The predicted molar refractivity (Wildman–Crippen MR) is 145 cm³/mol. The number of alkyl halides is 1. The van der Waals surface area contributed by atoms with Gasteiger partial charge >= 0.3 is 0 Å². The van der Waals surface area contributed by atoms with Gasteiger partial charge in [0, 0.05) is 0 Å². The lowest BCUT2D eigenvalue weighted by molar-refractivity contribution is 0.149. The van der Waals surface area contributed by atoms with Crippen LogP contribution in [0, 0.1) is 29.6 Å². The molecule has 1 heteroatoms. The number of unbranched alkanes of at least 4 members (excludes halogenated alkanes) is 1. The van der Waals surface area contributed by atoms with Gasteiger partial charge in [-0.25, -0.2) is 0 Å². The van der Waals surface area contributed by atoms with Crippen LogP contribution in [0.2, 0.25) is 0 Å². The van der Waals surface area contributed by atoms with E-state index in [1.165, 1.54) is 115 Å². The topological polar surface area (TPSA) is 0 Å². The molecule has 0 saturated heterocycles. The van der Waals surface area contributed by atoms with Crippen molar-refractivity contribution >= 4 is 0 Å². The molecule has 0 aliphatic heterocycles. The fourth-order valence-electron chi connectivity index (χ4n) is 7.93. The highest BCUT2D eigenvalue weighted by Crippen LogP contribution is 2.45. The van der Waals surface area contributed by atoms with Gasteiger partial charge in [0.25, 0.3) is 0 Å². The summed E-state index contributed by atoms with van der Waals surface area (Å²) >= 11 is 0. The van der Waals surface area contributed by atoms with E-state index in [0.29, 0.717) is 0 Å². The number of halogens is 1. The fourth-order valence-corrected chi connectivity index (χ4v) is 7.93. The molecule has 0 amide bonds. The number of hydrogen-bond donors (Lipinski definition) is 0. The zero-order valence-electron chi connectivity index (χ0n) is 22.3. The van der Waals surface area contributed by atoms with Crippen LogP contribution in [0.5, 0.6) is 0 Å². The van der Waals surface area contributed by atoms with Crippen LogP contribution in [0.3, 0.4) is 0 Å². The Balaban J connectivity index is 1.09. The van der Waals surface area contributed by atoms with Crippen LogP contribution in [0.25, 0.3) is 0 Å². The largest absolute Gasteiger partial charge is 0.251 e. The van der Waals surface area contributed by atoms with E-state index in [1.54, 1.807) is 5.56 Å². The van der Waals surface area contributed by atoms with Crippen molar-refractivity contribution in [2.75, 3.05) is 6.67 Å². The normalized spacial score (nSPS) is 32.5. The first-order valence-electron chi connectivity index (χ1n) is 15.4. The molecule has 0 N–H and O–H groups in total. The maximum absolute atomic E-state index is 12.3. The molecule has 4 rings (SSSR count). The Kier molecular flexibility index (Phi) is 10.8. The van der Waals surface area contributed by atoms with Crippen molar-refractivity contribution in [3.8, 4) is 0 Å². The minimum atomic E-state index is -0.119. The Morgan fingerprint density at radius 2 is 1.12 bits per heavy atom. The van der Waals surface area contributed by atoms with E-state index < -0.39 is 0 Å². The van der Waals surface area contributed by atoms with E-state index >= 15 is 0 Å². The first-order valence-corrected chi connectivity index (χ1v) is 15.4. The fraction of sp³-hybridized carbons (Fsp3) is 0.818. The van der Waals surface area contributed by atoms with Gasteiger partial charge in [-0.15, -0.1) is 0 Å². The molecule has 1 aromatic carbocycles. The molecule has 0 atom stereocenters. The molecule has 192 valence electrons. The molecule has 3 saturated carbocycles. The van der Waals surface area contributed by atoms with E-state index in [0.717, 1.165) is 48.3 Å². The van der Waals surface area contributed by atoms with E-state index in [2.05, 4.69) is 31.2 Å². The zero-order valence-corrected chi connectivity index (χ0v) is 22.3. The Morgan fingerprint density at radius 3 is 1.65 bits per heavy atom. The average molecular weight is 469 g/mol. The lowest BCUT2D eigenvalue weighted by atomic mass is 9.67. The summed E-state index contributed by atoms with van der Waals surface area (Å²) in [5, 5.41) is 0. The Labute approximate surface area is 210 Å². The molecule has 1 aromatic rings. The second-order valence-corrected chi connectivity index (χ2v) is 12.5. The quantitative estimate of drug-likeness (QED) is 0.283. The third-order valence-electron chi connectivity index (χ3n) is 10.3. The Bertz CT molecular complexity index is 654. The van der Waals surface area contributed by atoms with Crippen LogP contribution in [0.1, 0.15) is 140 Å². The van der Waals surface area contributed by atoms with Crippen LogP contribution in [-0.2, 0) is 6.42 Å². The SMILES string of the molecule is CCCc1ccc([C@H]2CC[C@H]([C@H]3CC[C@H](CC[C@H]4CC[C@H](CCCCF)CC4)CC3)CC2)cc1. The van der Waals surface area contributed by atoms with Gasteiger partial charge in [0.2, 0.25) is 0 Å². The van der Waals surface area contributed by atoms with Crippen molar-refractivity contribution in [3.05, 3.63) is 35.4 Å². The zero-order chi connectivity index (χ0) is 23.6. The molecule has 3 aliphatic rings. The monoisotopic (exact) mass is 468 g/mol. The Morgan fingerprint density at radius 1 is 0.618 bits per heavy atom. The summed E-state index contributed by atoms with van der Waals surface area (Å²) in [5.41, 5.74) is 3.12. The van der Waals surface area contributed by atoms with Crippen LogP contribution < -0.4 is 0 Å². The van der Waals surface area contributed by atoms with Crippen LogP contribution in [0.15, 0.2) is 24.3 Å². The first kappa shape index (κ1) is 26.2. The minimum absolute atomic E-state index is 0.119. The molecular weight excluding hydrogens is 415 g/mol. The maximum Gasteiger partial charge on any atom is 0.0894 e. The lowest BCUT2D eigenvalue weighted by Gasteiger charge is -2.38. The maximum atomic E-state index is 12.3. The van der Waals surface area contributed by atoms with Gasteiger partial charge in [-0.2, -0.15) is 0 Å². The summed E-state index contributed by atoms with van der Waals surface area (Å²) in [6.45, 7) is 2.15. The standard InChI is InChI=1S/C33H53F/c1-2-5-26-13-17-30(18-14-26)32-21-23-33(24-22-32)31-19-15-29(16-20-31)12-11-28-9-7-27(8-10-28)6-3-4-25-34/h13-14,17-18,27-29,31-33H,2-12,15-16,19-25H2,1H3/t27-,28-,29-,31-,32-,33-. The molecule has 0 unspecified atom stereocenters. The van der Waals surface area contributed by atoms with Crippen molar-refractivity contribution in [2.45, 2.75) is 135 Å². The number of aryl methyl sites for hydroxylation is 1. The molecule has 3 fully saturated rings. The molecule has 0 bridgehead atoms. The van der Waals surface area contributed by atoms with Crippen LogP contribution >= 0.6 is 0 Å². The van der Waals surface area contributed by atoms with E-state index in [1.807, 2.05) is 0 Å². The first-order chi connectivity index (χ1) is 16.7. The van der Waals surface area contributed by atoms with E-state index in [-0.39, 0.29) is 6.67 Å².